The molecule has 7 heteroatoms. The molecule has 0 radical (unpaired) electrons. The van der Waals surface area contributed by atoms with Crippen LogP contribution in [0.15, 0.2) is 18.2 Å². The number of carboxylic acid groups (broad SMARTS) is 1. The van der Waals surface area contributed by atoms with Crippen LogP contribution in [0, 0.1) is 11.3 Å². The number of aromatic carboxylic acids is 1. The van der Waals surface area contributed by atoms with E-state index in [9.17, 15) is 15.2 Å². The van der Waals surface area contributed by atoms with E-state index < -0.39 is 5.97 Å². The van der Waals surface area contributed by atoms with Crippen molar-refractivity contribution in [2.75, 3.05) is 0 Å². The van der Waals surface area contributed by atoms with Gasteiger partial charge in [-0.05, 0) is 31.0 Å². The number of carboxylic acids is 1. The fraction of sp³-hybridized carbons (Fsp3) is 0.375. The molecule has 1 saturated carbocycles. The number of rotatable bonds is 3. The number of benzene rings is 1. The van der Waals surface area contributed by atoms with E-state index in [1.54, 1.807) is 6.07 Å². The molecular weight excluding hydrogens is 296 g/mol. The molecule has 1 aromatic carbocycles. The lowest BCUT2D eigenvalue weighted by Gasteiger charge is -2.22. The second kappa shape index (κ2) is 6.08. The van der Waals surface area contributed by atoms with E-state index >= 15 is 0 Å². The molecule has 7 nitrogen and oxygen atoms in total. The summed E-state index contributed by atoms with van der Waals surface area (Å²) in [7, 11) is 0. The second-order valence-electron chi connectivity index (χ2n) is 5.69. The van der Waals surface area contributed by atoms with Crippen molar-refractivity contribution in [3.63, 3.8) is 0 Å². The molecule has 2 aromatic rings. The lowest BCUT2D eigenvalue weighted by molar-refractivity contribution is 0.0693. The van der Waals surface area contributed by atoms with Crippen LogP contribution >= 0.6 is 0 Å². The van der Waals surface area contributed by atoms with E-state index in [2.05, 4.69) is 16.4 Å². The Morgan fingerprint density at radius 1 is 1.30 bits per heavy atom. The highest BCUT2D eigenvalue weighted by Crippen LogP contribution is 2.35. The van der Waals surface area contributed by atoms with Gasteiger partial charge in [-0.2, -0.15) is 5.26 Å². The van der Waals surface area contributed by atoms with E-state index in [1.165, 1.54) is 23.2 Å². The summed E-state index contributed by atoms with van der Waals surface area (Å²) in [6.45, 7) is 0. The predicted octanol–water partition coefficient (Wildman–Crippen LogP) is 2.59. The summed E-state index contributed by atoms with van der Waals surface area (Å²) in [5, 5.41) is 36.0. The summed E-state index contributed by atoms with van der Waals surface area (Å²) in [4.78, 5) is 11.2. The first-order valence-electron chi connectivity index (χ1n) is 7.54. The standard InChI is InChI=1S/C16H16N4O3/c17-9-13-15(10-4-2-1-3-5-10)20(19-18-13)11-6-7-14(21)12(8-11)16(22)23/h6-8,10,21H,1-5H2,(H,22,23). The van der Waals surface area contributed by atoms with Crippen LogP contribution in [0.25, 0.3) is 5.69 Å². The van der Waals surface area contributed by atoms with E-state index in [-0.39, 0.29) is 22.9 Å². The molecule has 1 fully saturated rings. The average molecular weight is 312 g/mol. The van der Waals surface area contributed by atoms with Gasteiger partial charge in [0.15, 0.2) is 5.69 Å². The van der Waals surface area contributed by atoms with Crippen LogP contribution in [-0.4, -0.2) is 31.2 Å². The molecule has 0 spiro atoms. The van der Waals surface area contributed by atoms with Crippen LogP contribution in [0.2, 0.25) is 0 Å². The van der Waals surface area contributed by atoms with Gasteiger partial charge in [-0.1, -0.05) is 24.5 Å². The quantitative estimate of drug-likeness (QED) is 0.900. The third kappa shape index (κ3) is 2.75. The number of carbonyl (C=O) groups is 1. The molecule has 1 aliphatic rings. The van der Waals surface area contributed by atoms with E-state index in [0.717, 1.165) is 31.4 Å². The van der Waals surface area contributed by atoms with Gasteiger partial charge in [0.1, 0.15) is 17.4 Å². The Balaban J connectivity index is 2.10. The van der Waals surface area contributed by atoms with Crippen LogP contribution in [-0.2, 0) is 0 Å². The Morgan fingerprint density at radius 3 is 2.70 bits per heavy atom. The minimum absolute atomic E-state index is 0.190. The van der Waals surface area contributed by atoms with Crippen molar-refractivity contribution in [1.82, 2.24) is 15.0 Å². The van der Waals surface area contributed by atoms with Gasteiger partial charge in [0.2, 0.25) is 0 Å². The summed E-state index contributed by atoms with van der Waals surface area (Å²) in [5.74, 6) is -1.33. The van der Waals surface area contributed by atoms with Crippen molar-refractivity contribution in [3.05, 3.63) is 35.2 Å². The van der Waals surface area contributed by atoms with Gasteiger partial charge in [-0.3, -0.25) is 0 Å². The fourth-order valence-corrected chi connectivity index (χ4v) is 3.13. The van der Waals surface area contributed by atoms with Gasteiger partial charge in [-0.25, -0.2) is 9.48 Å². The monoisotopic (exact) mass is 312 g/mol. The number of aromatic nitrogens is 3. The number of hydrogen-bond donors (Lipinski definition) is 2. The van der Waals surface area contributed by atoms with Crippen molar-refractivity contribution < 1.29 is 15.0 Å². The summed E-state index contributed by atoms with van der Waals surface area (Å²) in [5.41, 5.74) is 1.29. The average Bonchev–Trinajstić information content (AvgIpc) is 2.99. The van der Waals surface area contributed by atoms with E-state index in [1.807, 2.05) is 0 Å². The van der Waals surface area contributed by atoms with Crippen molar-refractivity contribution in [2.45, 2.75) is 38.0 Å². The topological polar surface area (TPSA) is 112 Å². The number of hydrogen-bond acceptors (Lipinski definition) is 5. The normalized spacial score (nSPS) is 15.3. The Hall–Kier alpha value is -2.88. The van der Waals surface area contributed by atoms with Crippen LogP contribution in [0.4, 0.5) is 0 Å². The smallest absolute Gasteiger partial charge is 0.339 e. The third-order valence-electron chi connectivity index (χ3n) is 4.26. The summed E-state index contributed by atoms with van der Waals surface area (Å²) in [6.07, 6.45) is 5.30. The van der Waals surface area contributed by atoms with Crippen LogP contribution in [0.5, 0.6) is 5.75 Å². The molecule has 0 aliphatic heterocycles. The van der Waals surface area contributed by atoms with Crippen molar-refractivity contribution in [3.8, 4) is 17.5 Å². The molecule has 1 heterocycles. The predicted molar refractivity (Wildman–Crippen MR) is 80.5 cm³/mol. The van der Waals surface area contributed by atoms with Gasteiger partial charge in [-0.15, -0.1) is 5.10 Å². The molecule has 23 heavy (non-hydrogen) atoms. The summed E-state index contributed by atoms with van der Waals surface area (Å²) >= 11 is 0. The Morgan fingerprint density at radius 2 is 2.04 bits per heavy atom. The third-order valence-corrected chi connectivity index (χ3v) is 4.26. The molecule has 3 rings (SSSR count). The maximum absolute atomic E-state index is 11.2. The number of aromatic hydroxyl groups is 1. The summed E-state index contributed by atoms with van der Waals surface area (Å²) in [6, 6.07) is 6.31. The molecule has 0 unspecified atom stereocenters. The van der Waals surface area contributed by atoms with E-state index in [4.69, 9.17) is 5.11 Å². The van der Waals surface area contributed by atoms with Crippen LogP contribution in [0.1, 0.15) is 59.8 Å². The highest BCUT2D eigenvalue weighted by Gasteiger charge is 2.25. The Labute approximate surface area is 132 Å². The van der Waals surface area contributed by atoms with Gasteiger partial charge in [0, 0.05) is 5.92 Å². The Bertz CT molecular complexity index is 785. The molecule has 0 bridgehead atoms. The Kier molecular flexibility index (Phi) is 3.98. The number of nitrogens with zero attached hydrogens (tertiary/aromatic N) is 4. The molecule has 118 valence electrons. The van der Waals surface area contributed by atoms with Gasteiger partial charge in [0.25, 0.3) is 0 Å². The molecule has 0 atom stereocenters. The minimum Gasteiger partial charge on any atom is -0.507 e. The molecular formula is C16H16N4O3. The lowest BCUT2D eigenvalue weighted by atomic mass is 9.86. The lowest BCUT2D eigenvalue weighted by Crippen LogP contribution is -2.12. The number of nitriles is 1. The zero-order valence-electron chi connectivity index (χ0n) is 12.4. The van der Waals surface area contributed by atoms with Crippen LogP contribution < -0.4 is 0 Å². The zero-order chi connectivity index (χ0) is 16.4. The van der Waals surface area contributed by atoms with Crippen molar-refractivity contribution in [2.24, 2.45) is 0 Å². The number of phenols is 1. The van der Waals surface area contributed by atoms with Crippen LogP contribution in [0.3, 0.4) is 0 Å². The maximum atomic E-state index is 11.2. The largest absolute Gasteiger partial charge is 0.507 e. The first-order valence-corrected chi connectivity index (χ1v) is 7.54. The fourth-order valence-electron chi connectivity index (χ4n) is 3.13. The molecule has 1 aliphatic carbocycles. The SMILES string of the molecule is N#Cc1nnn(-c2ccc(O)c(C(=O)O)c2)c1C1CCCCC1. The van der Waals surface area contributed by atoms with Crippen molar-refractivity contribution >= 4 is 5.97 Å². The van der Waals surface area contributed by atoms with Crippen molar-refractivity contribution in [1.29, 1.82) is 5.26 Å². The highest BCUT2D eigenvalue weighted by atomic mass is 16.4. The maximum Gasteiger partial charge on any atom is 0.339 e. The first-order chi connectivity index (χ1) is 11.1. The van der Waals surface area contributed by atoms with Gasteiger partial charge >= 0.3 is 5.97 Å². The first kappa shape index (κ1) is 15.0. The van der Waals surface area contributed by atoms with E-state index in [0.29, 0.717) is 5.69 Å². The minimum atomic E-state index is -1.22. The summed E-state index contributed by atoms with van der Waals surface area (Å²) < 4.78 is 1.53. The molecule has 0 saturated heterocycles. The highest BCUT2D eigenvalue weighted by molar-refractivity contribution is 5.91. The van der Waals surface area contributed by atoms with Gasteiger partial charge < -0.3 is 10.2 Å². The molecule has 2 N–H and O–H groups in total. The zero-order valence-corrected chi connectivity index (χ0v) is 12.4. The molecule has 0 amide bonds. The molecule has 1 aromatic heterocycles. The van der Waals surface area contributed by atoms with Gasteiger partial charge in [0.05, 0.1) is 11.4 Å². The second-order valence-corrected chi connectivity index (χ2v) is 5.69.